The molecule has 0 saturated heterocycles. The zero-order valence-electron chi connectivity index (χ0n) is 19.8. The third kappa shape index (κ3) is 6.26. The summed E-state index contributed by atoms with van der Waals surface area (Å²) in [5.74, 6) is 0.342. The summed E-state index contributed by atoms with van der Waals surface area (Å²) in [6.45, 7) is 6.17. The van der Waals surface area contributed by atoms with Gasteiger partial charge in [-0.2, -0.15) is 0 Å². The number of ether oxygens (including phenoxy) is 1. The lowest BCUT2D eigenvalue weighted by atomic mass is 9.94. The van der Waals surface area contributed by atoms with Gasteiger partial charge in [-0.05, 0) is 44.4 Å². The van der Waals surface area contributed by atoms with E-state index >= 15 is 0 Å². The van der Waals surface area contributed by atoms with Crippen molar-refractivity contribution in [3.05, 3.63) is 35.4 Å². The van der Waals surface area contributed by atoms with Crippen molar-refractivity contribution in [1.82, 2.24) is 15.6 Å². The summed E-state index contributed by atoms with van der Waals surface area (Å²) >= 11 is 0. The molecule has 1 aliphatic carbocycles. The van der Waals surface area contributed by atoms with Crippen molar-refractivity contribution in [3.63, 3.8) is 0 Å². The average molecular weight is 440 g/mol. The zero-order chi connectivity index (χ0) is 23.1. The van der Waals surface area contributed by atoms with Gasteiger partial charge in [-0.15, -0.1) is 0 Å². The van der Waals surface area contributed by atoms with Crippen LogP contribution < -0.4 is 16.0 Å². The van der Waals surface area contributed by atoms with Crippen LogP contribution in [0.4, 0.5) is 5.82 Å². The van der Waals surface area contributed by atoms with Crippen LogP contribution in [0.2, 0.25) is 0 Å². The number of nitrogens with one attached hydrogen (secondary N) is 4. The Balaban J connectivity index is 1.80. The Morgan fingerprint density at radius 1 is 1.25 bits per heavy atom. The molecule has 0 spiro atoms. The number of rotatable bonds is 9. The SMILES string of the molecule is CCC(NC1CCCCC1)C(CNc1nc2ccc(C)cc2cc1C(=N)NC(C)=O)OC. The summed E-state index contributed by atoms with van der Waals surface area (Å²) in [7, 11) is 1.74. The van der Waals surface area contributed by atoms with Crippen molar-refractivity contribution in [2.75, 3.05) is 19.0 Å². The number of amidine groups is 1. The predicted octanol–water partition coefficient (Wildman–Crippen LogP) is 4.13. The van der Waals surface area contributed by atoms with Gasteiger partial charge in [-0.3, -0.25) is 10.2 Å². The number of amides is 1. The number of carbonyl (C=O) groups excluding carboxylic acids is 1. The van der Waals surface area contributed by atoms with Gasteiger partial charge in [0.15, 0.2) is 0 Å². The first kappa shape index (κ1) is 24.1. The predicted molar refractivity (Wildman–Crippen MR) is 130 cm³/mol. The Labute approximate surface area is 191 Å². The summed E-state index contributed by atoms with van der Waals surface area (Å²) in [6, 6.07) is 8.74. The number of hydrogen-bond donors (Lipinski definition) is 4. The molecule has 2 atom stereocenters. The average Bonchev–Trinajstić information content (AvgIpc) is 2.78. The molecule has 1 aromatic heterocycles. The Morgan fingerprint density at radius 2 is 2.00 bits per heavy atom. The van der Waals surface area contributed by atoms with Gasteiger partial charge in [-0.25, -0.2) is 4.98 Å². The van der Waals surface area contributed by atoms with Crippen LogP contribution in [-0.4, -0.2) is 48.6 Å². The van der Waals surface area contributed by atoms with E-state index in [4.69, 9.17) is 15.1 Å². The Morgan fingerprint density at radius 3 is 2.66 bits per heavy atom. The second-order valence-corrected chi connectivity index (χ2v) is 8.81. The van der Waals surface area contributed by atoms with E-state index in [1.807, 2.05) is 31.2 Å². The number of nitrogens with zero attached hydrogens (tertiary/aromatic N) is 1. The van der Waals surface area contributed by atoms with E-state index in [0.717, 1.165) is 22.9 Å². The van der Waals surface area contributed by atoms with Crippen molar-refractivity contribution in [1.29, 1.82) is 5.41 Å². The highest BCUT2D eigenvalue weighted by molar-refractivity contribution is 6.10. The minimum atomic E-state index is -0.275. The number of anilines is 1. The van der Waals surface area contributed by atoms with Gasteiger partial charge in [0.05, 0.1) is 17.2 Å². The minimum absolute atomic E-state index is 0.0391. The summed E-state index contributed by atoms with van der Waals surface area (Å²) in [6.07, 6.45) is 7.29. The molecule has 2 unspecified atom stereocenters. The van der Waals surface area contributed by atoms with Crippen molar-refractivity contribution < 1.29 is 9.53 Å². The van der Waals surface area contributed by atoms with Gasteiger partial charge in [0.25, 0.3) is 0 Å². The molecule has 174 valence electrons. The van der Waals surface area contributed by atoms with Crippen molar-refractivity contribution in [2.45, 2.75) is 77.5 Å². The topological polar surface area (TPSA) is 99.1 Å². The number of fused-ring (bicyclic) bond motifs is 1. The molecule has 32 heavy (non-hydrogen) atoms. The van der Waals surface area contributed by atoms with E-state index in [1.54, 1.807) is 7.11 Å². The molecule has 1 aliphatic rings. The highest BCUT2D eigenvalue weighted by Crippen LogP contribution is 2.23. The number of methoxy groups -OCH3 is 1. The number of aromatic nitrogens is 1. The summed E-state index contributed by atoms with van der Waals surface area (Å²) in [5, 5.41) is 19.1. The lowest BCUT2D eigenvalue weighted by Crippen LogP contribution is -2.49. The smallest absolute Gasteiger partial charge is 0.222 e. The van der Waals surface area contributed by atoms with Crippen LogP contribution in [0.25, 0.3) is 10.9 Å². The van der Waals surface area contributed by atoms with Crippen molar-refractivity contribution in [3.8, 4) is 0 Å². The summed E-state index contributed by atoms with van der Waals surface area (Å²) < 4.78 is 5.86. The second kappa shape index (κ2) is 11.4. The van der Waals surface area contributed by atoms with Crippen LogP contribution in [0.1, 0.15) is 63.5 Å². The van der Waals surface area contributed by atoms with Gasteiger partial charge in [-0.1, -0.05) is 37.8 Å². The number of hydrogen-bond acceptors (Lipinski definition) is 6. The molecule has 0 bridgehead atoms. The van der Waals surface area contributed by atoms with Crippen LogP contribution >= 0.6 is 0 Å². The molecule has 2 aromatic rings. The maximum absolute atomic E-state index is 11.6. The van der Waals surface area contributed by atoms with Crippen LogP contribution in [0, 0.1) is 12.3 Å². The number of carbonyl (C=O) groups is 1. The molecular weight excluding hydrogens is 402 g/mol. The molecule has 7 heteroatoms. The Hall–Kier alpha value is -2.51. The van der Waals surface area contributed by atoms with E-state index in [2.05, 4.69) is 22.9 Å². The zero-order valence-corrected chi connectivity index (χ0v) is 19.8. The van der Waals surface area contributed by atoms with Gasteiger partial charge in [0, 0.05) is 38.0 Å². The molecule has 1 saturated carbocycles. The highest BCUT2D eigenvalue weighted by atomic mass is 16.5. The normalized spacial score (nSPS) is 16.5. The van der Waals surface area contributed by atoms with Crippen molar-refractivity contribution in [2.24, 2.45) is 0 Å². The summed E-state index contributed by atoms with van der Waals surface area (Å²) in [5.41, 5.74) is 2.54. The van der Waals surface area contributed by atoms with Gasteiger partial charge < -0.3 is 20.7 Å². The number of pyridine rings is 1. The largest absolute Gasteiger partial charge is 0.378 e. The molecule has 1 fully saturated rings. The first-order valence-electron chi connectivity index (χ1n) is 11.7. The Bertz CT molecular complexity index is 939. The molecule has 7 nitrogen and oxygen atoms in total. The van der Waals surface area contributed by atoms with Crippen LogP contribution in [-0.2, 0) is 9.53 Å². The van der Waals surface area contributed by atoms with E-state index < -0.39 is 0 Å². The molecule has 0 aliphatic heterocycles. The molecule has 1 heterocycles. The van der Waals surface area contributed by atoms with Gasteiger partial charge >= 0.3 is 0 Å². The molecule has 0 radical (unpaired) electrons. The molecule has 3 rings (SSSR count). The highest BCUT2D eigenvalue weighted by Gasteiger charge is 2.24. The van der Waals surface area contributed by atoms with Crippen LogP contribution in [0.15, 0.2) is 24.3 Å². The second-order valence-electron chi connectivity index (χ2n) is 8.81. The first-order chi connectivity index (χ1) is 15.4. The fraction of sp³-hybridized carbons (Fsp3) is 0.560. The van der Waals surface area contributed by atoms with Crippen LogP contribution in [0.3, 0.4) is 0 Å². The molecule has 1 aromatic carbocycles. The Kier molecular flexibility index (Phi) is 8.59. The maximum atomic E-state index is 11.6. The fourth-order valence-electron chi connectivity index (χ4n) is 4.51. The molecule has 1 amide bonds. The van der Waals surface area contributed by atoms with E-state index in [0.29, 0.717) is 24.0 Å². The summed E-state index contributed by atoms with van der Waals surface area (Å²) in [4.78, 5) is 16.3. The van der Waals surface area contributed by atoms with E-state index in [9.17, 15) is 4.79 Å². The molecule has 4 N–H and O–H groups in total. The quantitative estimate of drug-likeness (QED) is 0.348. The molecular formula is C25H37N5O2. The van der Waals surface area contributed by atoms with Crippen LogP contribution in [0.5, 0.6) is 0 Å². The van der Waals surface area contributed by atoms with Gasteiger partial charge in [0.1, 0.15) is 11.7 Å². The number of benzene rings is 1. The van der Waals surface area contributed by atoms with E-state index in [1.165, 1.54) is 39.0 Å². The third-order valence-electron chi connectivity index (χ3n) is 6.26. The first-order valence-corrected chi connectivity index (χ1v) is 11.7. The standard InChI is InChI=1S/C25H37N5O2/c1-5-21(29-19-9-7-6-8-10-19)23(32-4)15-27-25-20(24(26)28-17(3)31)14-18-13-16(2)11-12-22(18)30-25/h11-14,19,21,23,29H,5-10,15H2,1-4H3,(H,27,30)(H2,26,28,31). The maximum Gasteiger partial charge on any atom is 0.222 e. The minimum Gasteiger partial charge on any atom is -0.378 e. The lowest BCUT2D eigenvalue weighted by molar-refractivity contribution is -0.117. The van der Waals surface area contributed by atoms with Crippen molar-refractivity contribution >= 4 is 28.5 Å². The van der Waals surface area contributed by atoms with Gasteiger partial charge in [0.2, 0.25) is 5.91 Å². The lowest BCUT2D eigenvalue weighted by Gasteiger charge is -2.32. The fourth-order valence-corrected chi connectivity index (χ4v) is 4.51. The number of aryl methyl sites for hydroxylation is 1. The third-order valence-corrected chi connectivity index (χ3v) is 6.26. The van der Waals surface area contributed by atoms with E-state index in [-0.39, 0.29) is 23.9 Å². The monoisotopic (exact) mass is 439 g/mol.